The molecule has 2 aliphatic rings. The quantitative estimate of drug-likeness (QED) is 0.758. The number of nitrogens with one attached hydrogen (secondary N) is 1. The van der Waals surface area contributed by atoms with Crippen molar-refractivity contribution in [3.63, 3.8) is 0 Å². The molecular weight excluding hydrogens is 224 g/mol. The Hall–Kier alpha value is -0.120. The summed E-state index contributed by atoms with van der Waals surface area (Å²) >= 11 is 0. The highest BCUT2D eigenvalue weighted by molar-refractivity contribution is 4.96. The van der Waals surface area contributed by atoms with Crippen LogP contribution in [0.1, 0.15) is 58.8 Å². The molecule has 0 aromatic rings. The van der Waals surface area contributed by atoms with Crippen LogP contribution in [0.5, 0.6) is 0 Å². The van der Waals surface area contributed by atoms with Crippen LogP contribution >= 0.6 is 0 Å². The Morgan fingerprint density at radius 1 is 1.17 bits per heavy atom. The van der Waals surface area contributed by atoms with Crippen molar-refractivity contribution in [3.05, 3.63) is 0 Å². The molecule has 1 saturated carbocycles. The molecule has 2 atom stereocenters. The van der Waals surface area contributed by atoms with E-state index >= 15 is 0 Å². The second-order valence-corrected chi connectivity index (χ2v) is 6.65. The van der Waals surface area contributed by atoms with Crippen molar-refractivity contribution in [3.8, 4) is 0 Å². The maximum atomic E-state index is 6.10. The Balaban J connectivity index is 1.93. The Kier molecular flexibility index (Phi) is 4.68. The molecule has 3 heteroatoms. The van der Waals surface area contributed by atoms with Gasteiger partial charge in [0.25, 0.3) is 0 Å². The summed E-state index contributed by atoms with van der Waals surface area (Å²) in [6.45, 7) is 7.26. The average Bonchev–Trinajstić information content (AvgIpc) is 2.59. The second kappa shape index (κ2) is 5.89. The molecule has 1 heterocycles. The molecule has 1 saturated heterocycles. The first-order valence-corrected chi connectivity index (χ1v) is 7.67. The third-order valence-electron chi connectivity index (χ3n) is 5.35. The van der Waals surface area contributed by atoms with Gasteiger partial charge in [-0.3, -0.25) is 0 Å². The van der Waals surface area contributed by atoms with Crippen molar-refractivity contribution in [1.29, 1.82) is 0 Å². The molecule has 2 unspecified atom stereocenters. The fourth-order valence-electron chi connectivity index (χ4n) is 3.39. The summed E-state index contributed by atoms with van der Waals surface area (Å²) in [6.07, 6.45) is 9.50. The first-order chi connectivity index (χ1) is 8.60. The monoisotopic (exact) mass is 254 g/mol. The zero-order valence-electron chi connectivity index (χ0n) is 12.1. The van der Waals surface area contributed by atoms with E-state index in [1.807, 2.05) is 0 Å². The zero-order valence-corrected chi connectivity index (χ0v) is 12.1. The summed E-state index contributed by atoms with van der Waals surface area (Å²) in [4.78, 5) is 0. The molecule has 2 rings (SSSR count). The highest BCUT2D eigenvalue weighted by Crippen LogP contribution is 2.35. The molecule has 1 aliphatic heterocycles. The topological polar surface area (TPSA) is 47.3 Å². The van der Waals surface area contributed by atoms with Crippen molar-refractivity contribution < 1.29 is 4.74 Å². The SMILES string of the molecule is CC1OCCC1(C)NCC1(CN)CCCCCC1. The van der Waals surface area contributed by atoms with Crippen molar-refractivity contribution in [2.24, 2.45) is 11.1 Å². The van der Waals surface area contributed by atoms with E-state index < -0.39 is 0 Å². The highest BCUT2D eigenvalue weighted by atomic mass is 16.5. The summed E-state index contributed by atoms with van der Waals surface area (Å²) in [5.74, 6) is 0. The Bertz CT molecular complexity index is 261. The van der Waals surface area contributed by atoms with Crippen LogP contribution in [-0.2, 0) is 4.74 Å². The molecule has 0 radical (unpaired) electrons. The van der Waals surface area contributed by atoms with Crippen molar-refractivity contribution in [2.45, 2.75) is 70.4 Å². The first-order valence-electron chi connectivity index (χ1n) is 7.67. The lowest BCUT2D eigenvalue weighted by Gasteiger charge is -2.37. The van der Waals surface area contributed by atoms with Gasteiger partial charge in [-0.2, -0.15) is 0 Å². The Labute approximate surface area is 112 Å². The van der Waals surface area contributed by atoms with E-state index in [9.17, 15) is 0 Å². The van der Waals surface area contributed by atoms with Gasteiger partial charge in [-0.05, 0) is 45.1 Å². The number of hydrogen-bond donors (Lipinski definition) is 2. The van der Waals surface area contributed by atoms with Crippen LogP contribution in [0.2, 0.25) is 0 Å². The summed E-state index contributed by atoms with van der Waals surface area (Å²) < 4.78 is 5.71. The Morgan fingerprint density at radius 2 is 1.83 bits per heavy atom. The lowest BCUT2D eigenvalue weighted by Crippen LogP contribution is -2.53. The van der Waals surface area contributed by atoms with Crippen LogP contribution in [0.25, 0.3) is 0 Å². The number of nitrogens with two attached hydrogens (primary N) is 1. The molecular formula is C15H30N2O. The van der Waals surface area contributed by atoms with E-state index in [1.54, 1.807) is 0 Å². The molecule has 2 fully saturated rings. The van der Waals surface area contributed by atoms with Crippen LogP contribution in [-0.4, -0.2) is 31.3 Å². The van der Waals surface area contributed by atoms with E-state index in [0.717, 1.165) is 26.1 Å². The molecule has 1 aliphatic carbocycles. The van der Waals surface area contributed by atoms with E-state index in [1.165, 1.54) is 38.5 Å². The van der Waals surface area contributed by atoms with Gasteiger partial charge in [-0.1, -0.05) is 25.7 Å². The molecule has 0 spiro atoms. The lowest BCUT2D eigenvalue weighted by molar-refractivity contribution is 0.0815. The van der Waals surface area contributed by atoms with Crippen LogP contribution in [0.4, 0.5) is 0 Å². The molecule has 0 aromatic carbocycles. The van der Waals surface area contributed by atoms with Crippen LogP contribution in [0, 0.1) is 5.41 Å². The number of rotatable bonds is 4. The van der Waals surface area contributed by atoms with Crippen LogP contribution in [0.15, 0.2) is 0 Å². The van der Waals surface area contributed by atoms with Gasteiger partial charge < -0.3 is 15.8 Å². The van der Waals surface area contributed by atoms with E-state index in [-0.39, 0.29) is 5.54 Å². The van der Waals surface area contributed by atoms with E-state index in [0.29, 0.717) is 11.5 Å². The van der Waals surface area contributed by atoms with Crippen LogP contribution in [0.3, 0.4) is 0 Å². The highest BCUT2D eigenvalue weighted by Gasteiger charge is 2.39. The van der Waals surface area contributed by atoms with Crippen molar-refractivity contribution in [2.75, 3.05) is 19.7 Å². The third-order valence-corrected chi connectivity index (χ3v) is 5.35. The van der Waals surface area contributed by atoms with Gasteiger partial charge >= 0.3 is 0 Å². The predicted molar refractivity (Wildman–Crippen MR) is 75.6 cm³/mol. The molecule has 0 bridgehead atoms. The van der Waals surface area contributed by atoms with Crippen molar-refractivity contribution >= 4 is 0 Å². The van der Waals surface area contributed by atoms with E-state index in [2.05, 4.69) is 19.2 Å². The van der Waals surface area contributed by atoms with Gasteiger partial charge in [0.1, 0.15) is 0 Å². The first kappa shape index (κ1) is 14.3. The second-order valence-electron chi connectivity index (χ2n) is 6.65. The van der Waals surface area contributed by atoms with Gasteiger partial charge in [0, 0.05) is 18.7 Å². The maximum Gasteiger partial charge on any atom is 0.0726 e. The summed E-state index contributed by atoms with van der Waals surface area (Å²) in [5, 5.41) is 3.79. The molecule has 3 nitrogen and oxygen atoms in total. The zero-order chi connectivity index (χ0) is 13.1. The largest absolute Gasteiger partial charge is 0.377 e. The Morgan fingerprint density at radius 3 is 2.33 bits per heavy atom. The van der Waals surface area contributed by atoms with Crippen LogP contribution < -0.4 is 11.1 Å². The van der Waals surface area contributed by atoms with Gasteiger partial charge in [0.05, 0.1) is 6.10 Å². The molecule has 18 heavy (non-hydrogen) atoms. The normalized spacial score (nSPS) is 36.5. The molecule has 0 amide bonds. The molecule has 106 valence electrons. The summed E-state index contributed by atoms with van der Waals surface area (Å²) in [7, 11) is 0. The maximum absolute atomic E-state index is 6.10. The number of hydrogen-bond acceptors (Lipinski definition) is 3. The average molecular weight is 254 g/mol. The number of ether oxygens (including phenoxy) is 1. The predicted octanol–water partition coefficient (Wildman–Crippen LogP) is 2.44. The summed E-state index contributed by atoms with van der Waals surface area (Å²) in [6, 6.07) is 0. The van der Waals surface area contributed by atoms with Gasteiger partial charge in [0.15, 0.2) is 0 Å². The van der Waals surface area contributed by atoms with Gasteiger partial charge in [-0.25, -0.2) is 0 Å². The molecule has 3 N–H and O–H groups in total. The van der Waals surface area contributed by atoms with E-state index in [4.69, 9.17) is 10.5 Å². The smallest absolute Gasteiger partial charge is 0.0726 e. The minimum atomic E-state index is 0.147. The third kappa shape index (κ3) is 3.06. The minimum absolute atomic E-state index is 0.147. The summed E-state index contributed by atoms with van der Waals surface area (Å²) in [5.41, 5.74) is 6.58. The van der Waals surface area contributed by atoms with Gasteiger partial charge in [-0.15, -0.1) is 0 Å². The lowest BCUT2D eigenvalue weighted by atomic mass is 9.79. The fraction of sp³-hybridized carbons (Fsp3) is 1.00. The van der Waals surface area contributed by atoms with Gasteiger partial charge in [0.2, 0.25) is 0 Å². The minimum Gasteiger partial charge on any atom is -0.377 e. The fourth-order valence-corrected chi connectivity index (χ4v) is 3.39. The van der Waals surface area contributed by atoms with Crippen molar-refractivity contribution in [1.82, 2.24) is 5.32 Å². The molecule has 0 aromatic heterocycles. The standard InChI is InChI=1S/C15H30N2O/c1-13-14(2,9-10-18-13)17-12-15(11-16)7-5-3-4-6-8-15/h13,17H,3-12,16H2,1-2H3.